The summed E-state index contributed by atoms with van der Waals surface area (Å²) in [6.07, 6.45) is 2.48. The fourth-order valence-electron chi connectivity index (χ4n) is 4.03. The molecule has 5 nitrogen and oxygen atoms in total. The number of aromatic nitrogens is 2. The SMILES string of the molecule is Cc1cc(N2CCN(Cc3ccccc3)CC2)nc(N2CCC(C)CC2)n1. The molecule has 2 aliphatic rings. The van der Waals surface area contributed by atoms with Gasteiger partial charge in [0.15, 0.2) is 0 Å². The highest BCUT2D eigenvalue weighted by Crippen LogP contribution is 2.23. The Morgan fingerprint density at radius 2 is 1.59 bits per heavy atom. The van der Waals surface area contributed by atoms with E-state index >= 15 is 0 Å². The minimum Gasteiger partial charge on any atom is -0.354 e. The summed E-state index contributed by atoms with van der Waals surface area (Å²) in [5.41, 5.74) is 2.46. The summed E-state index contributed by atoms with van der Waals surface area (Å²) in [4.78, 5) is 17.0. The third-order valence-electron chi connectivity index (χ3n) is 5.84. The van der Waals surface area contributed by atoms with Crippen LogP contribution in [0.15, 0.2) is 36.4 Å². The van der Waals surface area contributed by atoms with Gasteiger partial charge in [-0.3, -0.25) is 4.90 Å². The number of rotatable bonds is 4. The van der Waals surface area contributed by atoms with E-state index in [1.165, 1.54) is 18.4 Å². The van der Waals surface area contributed by atoms with E-state index in [2.05, 4.69) is 64.9 Å². The molecule has 1 aromatic carbocycles. The zero-order valence-corrected chi connectivity index (χ0v) is 16.6. The molecule has 2 aromatic rings. The van der Waals surface area contributed by atoms with Crippen molar-refractivity contribution in [1.29, 1.82) is 0 Å². The Bertz CT molecular complexity index is 732. The van der Waals surface area contributed by atoms with Crippen molar-refractivity contribution in [3.63, 3.8) is 0 Å². The molecular formula is C22H31N5. The third-order valence-corrected chi connectivity index (χ3v) is 5.84. The zero-order valence-electron chi connectivity index (χ0n) is 16.6. The molecule has 144 valence electrons. The molecule has 0 N–H and O–H groups in total. The first kappa shape index (κ1) is 18.2. The molecule has 27 heavy (non-hydrogen) atoms. The van der Waals surface area contributed by atoms with Crippen LogP contribution >= 0.6 is 0 Å². The normalized spacial score (nSPS) is 19.5. The van der Waals surface area contributed by atoms with E-state index in [-0.39, 0.29) is 0 Å². The van der Waals surface area contributed by atoms with Gasteiger partial charge in [-0.15, -0.1) is 0 Å². The van der Waals surface area contributed by atoms with E-state index in [4.69, 9.17) is 9.97 Å². The molecule has 0 spiro atoms. The minimum atomic E-state index is 0.822. The molecule has 0 bridgehead atoms. The number of nitrogens with zero attached hydrogens (tertiary/aromatic N) is 5. The average Bonchev–Trinajstić information content (AvgIpc) is 2.69. The lowest BCUT2D eigenvalue weighted by Gasteiger charge is -2.36. The van der Waals surface area contributed by atoms with Gasteiger partial charge in [-0.25, -0.2) is 4.98 Å². The Kier molecular flexibility index (Phi) is 5.58. The van der Waals surface area contributed by atoms with Gasteiger partial charge in [0.2, 0.25) is 5.95 Å². The van der Waals surface area contributed by atoms with Gasteiger partial charge in [-0.05, 0) is 31.2 Å². The van der Waals surface area contributed by atoms with Gasteiger partial charge >= 0.3 is 0 Å². The van der Waals surface area contributed by atoms with Crippen molar-refractivity contribution in [3.05, 3.63) is 47.7 Å². The molecule has 2 fully saturated rings. The summed E-state index contributed by atoms with van der Waals surface area (Å²) >= 11 is 0. The van der Waals surface area contributed by atoms with Crippen molar-refractivity contribution in [2.24, 2.45) is 5.92 Å². The standard InChI is InChI=1S/C22H31N5/c1-18-8-10-27(11-9-18)22-23-19(2)16-21(24-22)26-14-12-25(13-15-26)17-20-6-4-3-5-7-20/h3-7,16,18H,8-15,17H2,1-2H3. The second-order valence-corrected chi connectivity index (χ2v) is 8.09. The monoisotopic (exact) mass is 365 g/mol. The molecule has 0 saturated carbocycles. The van der Waals surface area contributed by atoms with Crippen molar-refractivity contribution in [2.75, 3.05) is 49.1 Å². The quantitative estimate of drug-likeness (QED) is 0.830. The molecular weight excluding hydrogens is 334 g/mol. The lowest BCUT2D eigenvalue weighted by Crippen LogP contribution is -2.46. The van der Waals surface area contributed by atoms with Crippen LogP contribution in [-0.2, 0) is 6.54 Å². The van der Waals surface area contributed by atoms with E-state index in [0.717, 1.165) is 69.2 Å². The first-order valence-corrected chi connectivity index (χ1v) is 10.3. The van der Waals surface area contributed by atoms with E-state index in [0.29, 0.717) is 0 Å². The largest absolute Gasteiger partial charge is 0.354 e. The Morgan fingerprint density at radius 3 is 2.30 bits per heavy atom. The zero-order chi connectivity index (χ0) is 18.6. The maximum absolute atomic E-state index is 4.94. The molecule has 0 radical (unpaired) electrons. The number of piperazine rings is 1. The average molecular weight is 366 g/mol. The second kappa shape index (κ2) is 8.26. The highest BCUT2D eigenvalue weighted by Gasteiger charge is 2.22. The van der Waals surface area contributed by atoms with Crippen molar-refractivity contribution < 1.29 is 0 Å². The van der Waals surface area contributed by atoms with Crippen LogP contribution in [0.1, 0.15) is 31.0 Å². The summed E-state index contributed by atoms with van der Waals surface area (Å²) < 4.78 is 0. The topological polar surface area (TPSA) is 35.5 Å². The van der Waals surface area contributed by atoms with E-state index in [9.17, 15) is 0 Å². The van der Waals surface area contributed by atoms with Crippen LogP contribution in [0.4, 0.5) is 11.8 Å². The maximum atomic E-state index is 4.94. The molecule has 0 aliphatic carbocycles. The van der Waals surface area contributed by atoms with Gasteiger partial charge in [0.05, 0.1) is 0 Å². The fourth-order valence-corrected chi connectivity index (χ4v) is 4.03. The Labute approximate surface area is 163 Å². The Hall–Kier alpha value is -2.14. The summed E-state index contributed by atoms with van der Waals surface area (Å²) in [6.45, 7) is 11.8. The predicted octanol–water partition coefficient (Wildman–Crippen LogP) is 3.34. The summed E-state index contributed by atoms with van der Waals surface area (Å²) in [7, 11) is 0. The molecule has 2 saturated heterocycles. The molecule has 0 atom stereocenters. The number of aryl methyl sites for hydroxylation is 1. The van der Waals surface area contributed by atoms with Crippen LogP contribution in [0.5, 0.6) is 0 Å². The van der Waals surface area contributed by atoms with Gasteiger partial charge in [0, 0.05) is 57.6 Å². The van der Waals surface area contributed by atoms with E-state index in [1.54, 1.807) is 0 Å². The van der Waals surface area contributed by atoms with Gasteiger partial charge in [-0.1, -0.05) is 37.3 Å². The lowest BCUT2D eigenvalue weighted by atomic mass is 10.00. The van der Waals surface area contributed by atoms with E-state index in [1.807, 2.05) is 0 Å². The van der Waals surface area contributed by atoms with Crippen molar-refractivity contribution in [2.45, 2.75) is 33.2 Å². The summed E-state index contributed by atoms with van der Waals surface area (Å²) in [5, 5.41) is 0. The van der Waals surface area contributed by atoms with Gasteiger partial charge in [0.1, 0.15) is 5.82 Å². The van der Waals surface area contributed by atoms with Crippen LogP contribution in [0, 0.1) is 12.8 Å². The highest BCUT2D eigenvalue weighted by molar-refractivity contribution is 5.46. The Balaban J connectivity index is 1.39. The van der Waals surface area contributed by atoms with E-state index < -0.39 is 0 Å². The first-order valence-electron chi connectivity index (χ1n) is 10.3. The third kappa shape index (κ3) is 4.59. The second-order valence-electron chi connectivity index (χ2n) is 8.09. The number of anilines is 2. The smallest absolute Gasteiger partial charge is 0.227 e. The van der Waals surface area contributed by atoms with Crippen molar-refractivity contribution >= 4 is 11.8 Å². The van der Waals surface area contributed by atoms with Crippen LogP contribution in [0.3, 0.4) is 0 Å². The van der Waals surface area contributed by atoms with Crippen LogP contribution < -0.4 is 9.80 Å². The van der Waals surface area contributed by atoms with Gasteiger partial charge in [-0.2, -0.15) is 4.98 Å². The fraction of sp³-hybridized carbons (Fsp3) is 0.545. The van der Waals surface area contributed by atoms with Crippen LogP contribution in [0.2, 0.25) is 0 Å². The maximum Gasteiger partial charge on any atom is 0.227 e. The molecule has 3 heterocycles. The molecule has 0 amide bonds. The molecule has 0 unspecified atom stereocenters. The predicted molar refractivity (Wildman–Crippen MR) is 111 cm³/mol. The van der Waals surface area contributed by atoms with Crippen molar-refractivity contribution in [3.8, 4) is 0 Å². The first-order chi connectivity index (χ1) is 13.2. The van der Waals surface area contributed by atoms with Gasteiger partial charge in [0.25, 0.3) is 0 Å². The Morgan fingerprint density at radius 1 is 0.889 bits per heavy atom. The molecule has 1 aromatic heterocycles. The lowest BCUT2D eigenvalue weighted by molar-refractivity contribution is 0.249. The van der Waals surface area contributed by atoms with Crippen LogP contribution in [0.25, 0.3) is 0 Å². The van der Waals surface area contributed by atoms with Crippen LogP contribution in [-0.4, -0.2) is 54.1 Å². The minimum absolute atomic E-state index is 0.822. The molecule has 4 rings (SSSR count). The highest BCUT2D eigenvalue weighted by atomic mass is 15.3. The van der Waals surface area contributed by atoms with Gasteiger partial charge < -0.3 is 9.80 Å². The molecule has 5 heteroatoms. The number of hydrogen-bond acceptors (Lipinski definition) is 5. The summed E-state index contributed by atoms with van der Waals surface area (Å²) in [6, 6.07) is 12.9. The number of piperidine rings is 1. The number of benzene rings is 1. The van der Waals surface area contributed by atoms with Crippen molar-refractivity contribution in [1.82, 2.24) is 14.9 Å². The summed E-state index contributed by atoms with van der Waals surface area (Å²) in [5.74, 6) is 2.84. The molecule has 2 aliphatic heterocycles. The number of hydrogen-bond donors (Lipinski definition) is 0.